The summed E-state index contributed by atoms with van der Waals surface area (Å²) in [6.07, 6.45) is 2.51. The highest BCUT2D eigenvalue weighted by Crippen LogP contribution is 2.29. The Kier molecular flexibility index (Phi) is 4.18. The van der Waals surface area contributed by atoms with E-state index in [2.05, 4.69) is 42.1 Å². The summed E-state index contributed by atoms with van der Waals surface area (Å²) in [5.74, 6) is -0.0888. The first-order valence-corrected chi connectivity index (χ1v) is 8.04. The summed E-state index contributed by atoms with van der Waals surface area (Å²) in [5.41, 5.74) is 1.89. The van der Waals surface area contributed by atoms with Crippen molar-refractivity contribution < 1.29 is 4.39 Å². The number of halogens is 1. The van der Waals surface area contributed by atoms with Crippen molar-refractivity contribution >= 4 is 5.69 Å². The number of nitrogens with zero attached hydrogens (tertiary/aromatic N) is 2. The maximum atomic E-state index is 14.4. The number of anilines is 1. The van der Waals surface area contributed by atoms with Crippen LogP contribution in [0.15, 0.2) is 18.2 Å². The molecule has 21 heavy (non-hydrogen) atoms. The molecule has 2 fully saturated rings. The van der Waals surface area contributed by atoms with Gasteiger partial charge in [-0.2, -0.15) is 0 Å². The summed E-state index contributed by atoms with van der Waals surface area (Å²) >= 11 is 0. The Balaban J connectivity index is 1.82. The molecule has 0 bridgehead atoms. The smallest absolute Gasteiger partial charge is 0.146 e. The lowest BCUT2D eigenvalue weighted by Crippen LogP contribution is -2.55. The molecule has 1 aliphatic carbocycles. The van der Waals surface area contributed by atoms with Crippen LogP contribution in [0.25, 0.3) is 0 Å². The number of hydrogen-bond acceptors (Lipinski definition) is 3. The van der Waals surface area contributed by atoms with Gasteiger partial charge in [0.25, 0.3) is 0 Å². The number of hydrogen-bond donors (Lipinski definition) is 1. The number of benzene rings is 1. The van der Waals surface area contributed by atoms with Gasteiger partial charge in [0.05, 0.1) is 5.69 Å². The zero-order valence-corrected chi connectivity index (χ0v) is 13.3. The SMILES string of the molecule is CC1CN(c2c(F)cccc2CNC2CC2)CC(C)N1C. The molecule has 0 aromatic heterocycles. The fraction of sp³-hybridized carbons (Fsp3) is 0.647. The molecule has 3 nitrogen and oxygen atoms in total. The molecule has 2 aliphatic rings. The molecule has 1 saturated heterocycles. The number of nitrogens with one attached hydrogen (secondary N) is 1. The van der Waals surface area contributed by atoms with E-state index in [1.165, 1.54) is 12.8 Å². The highest BCUT2D eigenvalue weighted by Gasteiger charge is 2.29. The Morgan fingerprint density at radius 2 is 1.86 bits per heavy atom. The number of para-hydroxylation sites is 1. The van der Waals surface area contributed by atoms with Crippen molar-refractivity contribution in [3.05, 3.63) is 29.6 Å². The van der Waals surface area contributed by atoms with Crippen LogP contribution in [0.1, 0.15) is 32.3 Å². The van der Waals surface area contributed by atoms with Gasteiger partial charge < -0.3 is 10.2 Å². The Morgan fingerprint density at radius 3 is 2.48 bits per heavy atom. The van der Waals surface area contributed by atoms with Crippen LogP contribution in [0.2, 0.25) is 0 Å². The second-order valence-electron chi connectivity index (χ2n) is 6.67. The topological polar surface area (TPSA) is 18.5 Å². The van der Waals surface area contributed by atoms with Crippen molar-refractivity contribution in [2.24, 2.45) is 0 Å². The van der Waals surface area contributed by atoms with E-state index in [9.17, 15) is 4.39 Å². The minimum atomic E-state index is -0.0888. The standard InChI is InChI=1S/C17H26FN3/c1-12-10-21(11-13(2)20(12)3)17-14(5-4-6-16(17)18)9-19-15-7-8-15/h4-6,12-13,15,19H,7-11H2,1-3H3. The number of rotatable bonds is 4. The first-order valence-electron chi connectivity index (χ1n) is 8.04. The Morgan fingerprint density at radius 1 is 1.19 bits per heavy atom. The summed E-state index contributed by atoms with van der Waals surface area (Å²) < 4.78 is 14.4. The van der Waals surface area contributed by atoms with Crippen molar-refractivity contribution in [1.82, 2.24) is 10.2 Å². The molecule has 1 aliphatic heterocycles. The van der Waals surface area contributed by atoms with Crippen molar-refractivity contribution in [3.63, 3.8) is 0 Å². The Hall–Kier alpha value is -1.13. The lowest BCUT2D eigenvalue weighted by atomic mass is 10.1. The lowest BCUT2D eigenvalue weighted by molar-refractivity contribution is 0.169. The van der Waals surface area contributed by atoms with Crippen LogP contribution >= 0.6 is 0 Å². The molecular formula is C17H26FN3. The zero-order chi connectivity index (χ0) is 15.0. The summed E-state index contributed by atoms with van der Waals surface area (Å²) in [6, 6.07) is 7.00. The van der Waals surface area contributed by atoms with E-state index < -0.39 is 0 Å². The third-order valence-corrected chi connectivity index (χ3v) is 4.90. The van der Waals surface area contributed by atoms with Crippen LogP contribution in [-0.4, -0.2) is 43.2 Å². The zero-order valence-electron chi connectivity index (χ0n) is 13.3. The molecule has 1 aromatic rings. The summed E-state index contributed by atoms with van der Waals surface area (Å²) in [5, 5.41) is 3.51. The van der Waals surface area contributed by atoms with Gasteiger partial charge in [-0.05, 0) is 45.4 Å². The third kappa shape index (κ3) is 3.22. The minimum absolute atomic E-state index is 0.0888. The first kappa shape index (κ1) is 14.8. The van der Waals surface area contributed by atoms with Crippen molar-refractivity contribution in [1.29, 1.82) is 0 Å². The van der Waals surface area contributed by atoms with E-state index in [-0.39, 0.29) is 5.82 Å². The van der Waals surface area contributed by atoms with Crippen LogP contribution in [-0.2, 0) is 6.54 Å². The summed E-state index contributed by atoms with van der Waals surface area (Å²) in [4.78, 5) is 4.61. The summed E-state index contributed by atoms with van der Waals surface area (Å²) in [6.45, 7) is 6.97. The number of piperazine rings is 1. The largest absolute Gasteiger partial charge is 0.366 e. The molecule has 3 rings (SSSR count). The van der Waals surface area contributed by atoms with Crippen molar-refractivity contribution in [2.45, 2.75) is 51.4 Å². The van der Waals surface area contributed by atoms with Crippen LogP contribution in [0.5, 0.6) is 0 Å². The summed E-state index contributed by atoms with van der Waals surface area (Å²) in [7, 11) is 2.16. The van der Waals surface area contributed by atoms with Crippen molar-refractivity contribution in [2.75, 3.05) is 25.0 Å². The Bertz CT molecular complexity index is 489. The maximum Gasteiger partial charge on any atom is 0.146 e. The van der Waals surface area contributed by atoms with Gasteiger partial charge in [0.1, 0.15) is 5.82 Å². The third-order valence-electron chi connectivity index (χ3n) is 4.90. The molecule has 2 atom stereocenters. The average molecular weight is 291 g/mol. The monoisotopic (exact) mass is 291 g/mol. The predicted molar refractivity (Wildman–Crippen MR) is 85.2 cm³/mol. The molecule has 0 amide bonds. The molecule has 1 N–H and O–H groups in total. The molecule has 4 heteroatoms. The van der Waals surface area contributed by atoms with E-state index in [1.54, 1.807) is 6.07 Å². The van der Waals surface area contributed by atoms with Gasteiger partial charge in [-0.15, -0.1) is 0 Å². The van der Waals surface area contributed by atoms with E-state index in [4.69, 9.17) is 0 Å². The Labute approximate surface area is 127 Å². The van der Waals surface area contributed by atoms with E-state index in [0.29, 0.717) is 18.1 Å². The van der Waals surface area contributed by atoms with Gasteiger partial charge in [0.15, 0.2) is 0 Å². The molecule has 1 saturated carbocycles. The predicted octanol–water partition coefficient (Wildman–Crippen LogP) is 2.61. The fourth-order valence-corrected chi connectivity index (χ4v) is 3.19. The fourth-order valence-electron chi connectivity index (χ4n) is 3.19. The maximum absolute atomic E-state index is 14.4. The van der Waals surface area contributed by atoms with Gasteiger partial charge >= 0.3 is 0 Å². The molecule has 1 heterocycles. The van der Waals surface area contributed by atoms with E-state index >= 15 is 0 Å². The first-order chi connectivity index (χ1) is 10.1. The molecule has 0 radical (unpaired) electrons. The molecule has 116 valence electrons. The van der Waals surface area contributed by atoms with Gasteiger partial charge in [-0.3, -0.25) is 4.90 Å². The molecular weight excluding hydrogens is 265 g/mol. The van der Waals surface area contributed by atoms with Gasteiger partial charge in [0, 0.05) is 37.8 Å². The molecule has 0 spiro atoms. The second-order valence-corrected chi connectivity index (χ2v) is 6.67. The van der Waals surface area contributed by atoms with Gasteiger partial charge in [0.2, 0.25) is 0 Å². The van der Waals surface area contributed by atoms with Crippen LogP contribution in [0.3, 0.4) is 0 Å². The number of likely N-dealkylation sites (N-methyl/N-ethyl adjacent to an activating group) is 1. The minimum Gasteiger partial charge on any atom is -0.366 e. The normalized spacial score (nSPS) is 27.1. The second kappa shape index (κ2) is 5.93. The van der Waals surface area contributed by atoms with E-state index in [0.717, 1.165) is 30.9 Å². The van der Waals surface area contributed by atoms with E-state index in [1.807, 2.05) is 6.07 Å². The van der Waals surface area contributed by atoms with Gasteiger partial charge in [-0.25, -0.2) is 4.39 Å². The molecule has 2 unspecified atom stereocenters. The molecule has 1 aromatic carbocycles. The van der Waals surface area contributed by atoms with Crippen LogP contribution < -0.4 is 10.2 Å². The van der Waals surface area contributed by atoms with Crippen LogP contribution in [0.4, 0.5) is 10.1 Å². The quantitative estimate of drug-likeness (QED) is 0.920. The highest BCUT2D eigenvalue weighted by atomic mass is 19.1. The average Bonchev–Trinajstić information content (AvgIpc) is 3.26. The van der Waals surface area contributed by atoms with Crippen LogP contribution in [0, 0.1) is 5.82 Å². The highest BCUT2D eigenvalue weighted by molar-refractivity contribution is 5.55. The van der Waals surface area contributed by atoms with Gasteiger partial charge in [-0.1, -0.05) is 12.1 Å². The van der Waals surface area contributed by atoms with Crippen molar-refractivity contribution in [3.8, 4) is 0 Å². The lowest BCUT2D eigenvalue weighted by Gasteiger charge is -2.44.